The van der Waals surface area contributed by atoms with Gasteiger partial charge in [-0.3, -0.25) is 0 Å². The van der Waals surface area contributed by atoms with E-state index in [0.717, 1.165) is 21.9 Å². The van der Waals surface area contributed by atoms with Crippen LogP contribution >= 0.6 is 0 Å². The van der Waals surface area contributed by atoms with Gasteiger partial charge < -0.3 is 4.42 Å². The molecule has 0 amide bonds. The van der Waals surface area contributed by atoms with Gasteiger partial charge in [-0.05, 0) is 166 Å². The molecule has 16 aromatic carbocycles. The average molecular weight is 975 g/mol. The summed E-state index contributed by atoms with van der Waals surface area (Å²) in [5.41, 5.74) is 14.3. The maximum absolute atomic E-state index is 6.16. The van der Waals surface area contributed by atoms with E-state index >= 15 is 0 Å². The molecule has 17 aromatic rings. The predicted molar refractivity (Wildman–Crippen MR) is 330 cm³/mol. The first-order valence-corrected chi connectivity index (χ1v) is 26.6. The molecule has 356 valence electrons. The molecule has 0 unspecified atom stereocenters. The van der Waals surface area contributed by atoms with Gasteiger partial charge in [0.05, 0.1) is 0 Å². The topological polar surface area (TPSA) is 13.1 Å². The Kier molecular flexibility index (Phi) is 9.71. The number of rotatable bonds is 5. The van der Waals surface area contributed by atoms with E-state index in [9.17, 15) is 0 Å². The van der Waals surface area contributed by atoms with Crippen LogP contribution in [0.4, 0.5) is 0 Å². The summed E-state index contributed by atoms with van der Waals surface area (Å²) < 4.78 is 6.16. The monoisotopic (exact) mass is 974 g/mol. The van der Waals surface area contributed by atoms with Crippen LogP contribution in [0.2, 0.25) is 0 Å². The van der Waals surface area contributed by atoms with E-state index < -0.39 is 0 Å². The van der Waals surface area contributed by atoms with Crippen LogP contribution in [0.15, 0.2) is 283 Å². The fourth-order valence-corrected chi connectivity index (χ4v) is 12.9. The van der Waals surface area contributed by atoms with Gasteiger partial charge >= 0.3 is 0 Å². The van der Waals surface area contributed by atoms with Gasteiger partial charge in [-0.2, -0.15) is 0 Å². The molecule has 1 aromatic heterocycles. The molecule has 17 rings (SSSR count). The van der Waals surface area contributed by atoms with Crippen LogP contribution in [0, 0.1) is 0 Å². The Labute approximate surface area is 444 Å². The zero-order chi connectivity index (χ0) is 50.6. The van der Waals surface area contributed by atoms with Gasteiger partial charge in [-0.25, -0.2) is 0 Å². The van der Waals surface area contributed by atoms with Gasteiger partial charge in [0.2, 0.25) is 0 Å². The third-order valence-corrected chi connectivity index (χ3v) is 16.4. The molecule has 0 bridgehead atoms. The van der Waals surface area contributed by atoms with Gasteiger partial charge in [0, 0.05) is 10.8 Å². The zero-order valence-electron chi connectivity index (χ0n) is 42.0. The van der Waals surface area contributed by atoms with Crippen molar-refractivity contribution < 1.29 is 4.42 Å². The van der Waals surface area contributed by atoms with Gasteiger partial charge in [-0.1, -0.05) is 255 Å². The Balaban J connectivity index is 0.000000129. The van der Waals surface area contributed by atoms with Crippen LogP contribution in [0.3, 0.4) is 0 Å². The summed E-state index contributed by atoms with van der Waals surface area (Å²) in [5.74, 6) is 0. The van der Waals surface area contributed by atoms with Crippen molar-refractivity contribution in [2.75, 3.05) is 0 Å². The smallest absolute Gasteiger partial charge is 0.135 e. The van der Waals surface area contributed by atoms with Gasteiger partial charge in [0.15, 0.2) is 0 Å². The lowest BCUT2D eigenvalue weighted by Gasteiger charge is -2.19. The van der Waals surface area contributed by atoms with E-state index in [0.29, 0.717) is 0 Å². The first-order valence-electron chi connectivity index (χ1n) is 26.6. The molecule has 1 nitrogen and oxygen atoms in total. The maximum atomic E-state index is 6.16. The number of furan rings is 1. The normalized spacial score (nSPS) is 11.9. The number of hydrogen-bond acceptors (Lipinski definition) is 1. The fourth-order valence-electron chi connectivity index (χ4n) is 12.9. The van der Waals surface area contributed by atoms with Crippen LogP contribution in [-0.4, -0.2) is 0 Å². The van der Waals surface area contributed by atoms with Crippen molar-refractivity contribution in [2.24, 2.45) is 0 Å². The lowest BCUT2D eigenvalue weighted by atomic mass is 9.84. The molecule has 0 aliphatic heterocycles. The van der Waals surface area contributed by atoms with E-state index in [-0.39, 0.29) is 0 Å². The van der Waals surface area contributed by atoms with Crippen molar-refractivity contribution in [3.05, 3.63) is 279 Å². The highest BCUT2D eigenvalue weighted by molar-refractivity contribution is 6.27. The number of para-hydroxylation sites is 1. The van der Waals surface area contributed by atoms with Gasteiger partial charge in [-0.15, -0.1) is 0 Å². The molecule has 77 heavy (non-hydrogen) atoms. The molecule has 0 saturated carbocycles. The molecular formula is C76H46O. The quantitative estimate of drug-likeness (QED) is 0.124. The van der Waals surface area contributed by atoms with Crippen LogP contribution in [0.5, 0.6) is 0 Å². The standard InChI is InChI=1S/C38H24O.C38H22/c1-3-11-25(12-4-1)27-19-21-32-34(23-27)37(26-13-5-2-6-14-26)30-16-7-8-17-31(30)38(32)28-20-22-36-33(24-28)29-15-9-10-18-35(29)39-36;1-3-25-11-13-29-15-19-31(33-21-17-27(5-1)35(25)37(29)33)23-7-9-24(10-8-23)32-20-16-30-14-12-26-4-2-6-28-18-22-34(32)38(30)36(26)28/h1-24H;1-22H. The van der Waals surface area contributed by atoms with Gasteiger partial charge in [0.1, 0.15) is 11.2 Å². The molecule has 1 heteroatoms. The summed E-state index contributed by atoms with van der Waals surface area (Å²) in [6.45, 7) is 0. The Morgan fingerprint density at radius 3 is 1.14 bits per heavy atom. The number of fused-ring (bicyclic) bond motifs is 5. The summed E-state index contributed by atoms with van der Waals surface area (Å²) in [4.78, 5) is 0. The molecule has 0 radical (unpaired) electrons. The highest BCUT2D eigenvalue weighted by Gasteiger charge is 2.20. The molecule has 0 aliphatic rings. The second-order valence-corrected chi connectivity index (χ2v) is 20.6. The molecular weight excluding hydrogens is 929 g/mol. The Morgan fingerprint density at radius 2 is 0.571 bits per heavy atom. The largest absolute Gasteiger partial charge is 0.456 e. The first kappa shape index (κ1) is 43.3. The second kappa shape index (κ2) is 17.2. The molecule has 0 spiro atoms. The zero-order valence-corrected chi connectivity index (χ0v) is 42.0. The van der Waals surface area contributed by atoms with Gasteiger partial charge in [0.25, 0.3) is 0 Å². The average Bonchev–Trinajstić information content (AvgIpc) is 3.94. The van der Waals surface area contributed by atoms with Crippen molar-refractivity contribution in [2.45, 2.75) is 0 Å². The third kappa shape index (κ3) is 6.88. The maximum Gasteiger partial charge on any atom is 0.135 e. The lowest BCUT2D eigenvalue weighted by molar-refractivity contribution is 0.669. The highest BCUT2D eigenvalue weighted by atomic mass is 16.3. The highest BCUT2D eigenvalue weighted by Crippen LogP contribution is 2.47. The third-order valence-electron chi connectivity index (χ3n) is 16.4. The number of hydrogen-bond donors (Lipinski definition) is 0. The molecule has 0 fully saturated rings. The summed E-state index contributed by atoms with van der Waals surface area (Å²) in [6, 6.07) is 102. The molecule has 0 atom stereocenters. The Hall–Kier alpha value is -10.1. The SMILES string of the molecule is c1cc2ccc3ccc(-c4ccc(-c5ccc6ccc7cccc8ccc5c6c78)cc4)c4ccc(c1)c2c34.c1ccc(-c2ccc3c(-c4ccc5oc6ccccc6c5c4)c4ccccc4c(-c4ccccc4)c3c2)cc1. The minimum absolute atomic E-state index is 0.917. The van der Waals surface area contributed by atoms with Crippen LogP contribution < -0.4 is 0 Å². The van der Waals surface area contributed by atoms with Crippen molar-refractivity contribution in [3.63, 3.8) is 0 Å². The Morgan fingerprint density at radius 1 is 0.182 bits per heavy atom. The van der Waals surface area contributed by atoms with E-state index in [1.54, 1.807) is 0 Å². The molecule has 0 saturated heterocycles. The van der Waals surface area contributed by atoms with E-state index in [1.807, 2.05) is 12.1 Å². The Bertz CT molecular complexity index is 4920. The first-order chi connectivity index (χ1) is 38.2. The van der Waals surface area contributed by atoms with Crippen LogP contribution in [-0.2, 0) is 0 Å². The van der Waals surface area contributed by atoms with E-state index in [4.69, 9.17) is 4.42 Å². The predicted octanol–water partition coefficient (Wildman–Crippen LogP) is 21.7. The summed E-state index contributed by atoms with van der Waals surface area (Å²) in [6.07, 6.45) is 0. The second-order valence-electron chi connectivity index (χ2n) is 20.6. The molecule has 1 heterocycles. The summed E-state index contributed by atoms with van der Waals surface area (Å²) in [7, 11) is 0. The van der Waals surface area contributed by atoms with Crippen molar-refractivity contribution in [1.82, 2.24) is 0 Å². The lowest BCUT2D eigenvalue weighted by Crippen LogP contribution is -1.91. The van der Waals surface area contributed by atoms with Crippen LogP contribution in [0.1, 0.15) is 0 Å². The number of benzene rings is 16. The van der Waals surface area contributed by atoms with Crippen molar-refractivity contribution in [3.8, 4) is 55.6 Å². The fraction of sp³-hybridized carbons (Fsp3) is 0. The summed E-state index contributed by atoms with van der Waals surface area (Å²) in [5, 5.41) is 23.3. The summed E-state index contributed by atoms with van der Waals surface area (Å²) >= 11 is 0. The minimum Gasteiger partial charge on any atom is -0.456 e. The minimum atomic E-state index is 0.917. The van der Waals surface area contributed by atoms with E-state index in [1.165, 1.54) is 142 Å². The van der Waals surface area contributed by atoms with E-state index in [2.05, 4.69) is 267 Å². The van der Waals surface area contributed by atoms with Crippen molar-refractivity contribution in [1.29, 1.82) is 0 Å². The van der Waals surface area contributed by atoms with Crippen LogP contribution in [0.25, 0.3) is 164 Å². The molecule has 0 N–H and O–H groups in total. The van der Waals surface area contributed by atoms with Crippen molar-refractivity contribution >= 4 is 108 Å². The molecule has 0 aliphatic carbocycles.